The van der Waals surface area contributed by atoms with Crippen LogP contribution in [0.2, 0.25) is 0 Å². The standard InChI is InChI=1S/C16H21N3O2S/c1-20-14-6-5-12(10-15(14)21-2)11-19-16(17)18-8-7-13-4-3-9-22-13/h3-6,9-10H,7-8,11H2,1-2H3,(H3,17,18,19). The second-order valence-electron chi connectivity index (χ2n) is 4.65. The molecule has 1 aromatic heterocycles. The van der Waals surface area contributed by atoms with E-state index in [1.807, 2.05) is 18.2 Å². The number of hydrogen-bond donors (Lipinski definition) is 2. The molecule has 0 fully saturated rings. The van der Waals surface area contributed by atoms with E-state index in [2.05, 4.69) is 27.8 Å². The fourth-order valence-corrected chi connectivity index (χ4v) is 2.69. The number of nitrogens with zero attached hydrogens (tertiary/aromatic N) is 1. The summed E-state index contributed by atoms with van der Waals surface area (Å²) in [5, 5.41) is 5.19. The summed E-state index contributed by atoms with van der Waals surface area (Å²) in [6.07, 6.45) is 0.949. The zero-order valence-corrected chi connectivity index (χ0v) is 13.7. The highest BCUT2D eigenvalue weighted by atomic mass is 32.1. The minimum atomic E-state index is 0.450. The van der Waals surface area contributed by atoms with Crippen LogP contribution in [0.4, 0.5) is 0 Å². The summed E-state index contributed by atoms with van der Waals surface area (Å²) in [5.74, 6) is 1.85. The largest absolute Gasteiger partial charge is 0.493 e. The number of methoxy groups -OCH3 is 2. The zero-order valence-electron chi connectivity index (χ0n) is 12.8. The summed E-state index contributed by atoms with van der Waals surface area (Å²) in [4.78, 5) is 5.67. The number of aliphatic imine (C=N–C) groups is 1. The molecule has 0 aliphatic rings. The molecule has 0 saturated carbocycles. The Kier molecular flexibility index (Phi) is 6.09. The van der Waals surface area contributed by atoms with Gasteiger partial charge in [0, 0.05) is 11.4 Å². The number of thiophene rings is 1. The van der Waals surface area contributed by atoms with Crippen LogP contribution in [0.25, 0.3) is 0 Å². The molecule has 0 aliphatic heterocycles. The molecule has 2 aromatic rings. The van der Waals surface area contributed by atoms with Gasteiger partial charge in [0.25, 0.3) is 0 Å². The topological polar surface area (TPSA) is 68.9 Å². The van der Waals surface area contributed by atoms with Crippen molar-refractivity contribution in [1.82, 2.24) is 5.32 Å². The van der Waals surface area contributed by atoms with Crippen molar-refractivity contribution in [3.63, 3.8) is 0 Å². The lowest BCUT2D eigenvalue weighted by Gasteiger charge is -2.09. The molecule has 118 valence electrons. The number of rotatable bonds is 7. The normalized spacial score (nSPS) is 11.3. The third-order valence-electron chi connectivity index (χ3n) is 3.14. The molecule has 1 heterocycles. The number of nitrogens with two attached hydrogens (primary N) is 1. The Bertz CT molecular complexity index is 612. The second-order valence-corrected chi connectivity index (χ2v) is 5.68. The van der Waals surface area contributed by atoms with Crippen LogP contribution in [0.15, 0.2) is 40.7 Å². The summed E-state index contributed by atoms with van der Waals surface area (Å²) >= 11 is 1.75. The van der Waals surface area contributed by atoms with Crippen LogP contribution in [-0.4, -0.2) is 26.7 Å². The summed E-state index contributed by atoms with van der Waals surface area (Å²) in [5.41, 5.74) is 6.89. The van der Waals surface area contributed by atoms with E-state index in [-0.39, 0.29) is 0 Å². The smallest absolute Gasteiger partial charge is 0.188 e. The van der Waals surface area contributed by atoms with Crippen molar-refractivity contribution in [2.75, 3.05) is 20.8 Å². The number of nitrogens with one attached hydrogen (secondary N) is 1. The first kappa shape index (κ1) is 16.2. The zero-order chi connectivity index (χ0) is 15.8. The first-order valence-corrected chi connectivity index (χ1v) is 7.88. The van der Waals surface area contributed by atoms with Crippen LogP contribution in [0.1, 0.15) is 10.4 Å². The highest BCUT2D eigenvalue weighted by Gasteiger charge is 2.04. The molecule has 1 aromatic carbocycles. The highest BCUT2D eigenvalue weighted by Crippen LogP contribution is 2.27. The quantitative estimate of drug-likeness (QED) is 0.607. The molecule has 0 atom stereocenters. The molecule has 0 amide bonds. The SMILES string of the molecule is COc1ccc(CN=C(N)NCCc2cccs2)cc1OC. The lowest BCUT2D eigenvalue weighted by Crippen LogP contribution is -2.33. The summed E-state index contributed by atoms with van der Waals surface area (Å²) in [6, 6.07) is 9.88. The van der Waals surface area contributed by atoms with Crippen LogP contribution < -0.4 is 20.5 Å². The number of guanidine groups is 1. The van der Waals surface area contributed by atoms with Gasteiger partial charge in [-0.1, -0.05) is 12.1 Å². The molecular formula is C16H21N3O2S. The van der Waals surface area contributed by atoms with Gasteiger partial charge in [-0.15, -0.1) is 11.3 Å². The molecule has 0 saturated heterocycles. The van der Waals surface area contributed by atoms with Gasteiger partial charge in [-0.05, 0) is 35.6 Å². The average molecular weight is 319 g/mol. The Labute approximate surface area is 134 Å². The predicted molar refractivity (Wildman–Crippen MR) is 90.9 cm³/mol. The Morgan fingerprint density at radius 1 is 1.23 bits per heavy atom. The first-order valence-electron chi connectivity index (χ1n) is 7.00. The first-order chi connectivity index (χ1) is 10.7. The fourth-order valence-electron chi connectivity index (χ4n) is 1.98. The number of ether oxygens (including phenoxy) is 2. The maximum absolute atomic E-state index is 5.87. The Hall–Kier alpha value is -2.21. The number of benzene rings is 1. The van der Waals surface area contributed by atoms with Crippen molar-refractivity contribution in [3.8, 4) is 11.5 Å². The molecule has 5 nitrogen and oxygen atoms in total. The van der Waals surface area contributed by atoms with Gasteiger partial charge in [0.15, 0.2) is 17.5 Å². The van der Waals surface area contributed by atoms with Gasteiger partial charge in [-0.3, -0.25) is 0 Å². The van der Waals surface area contributed by atoms with Gasteiger partial charge >= 0.3 is 0 Å². The molecule has 3 N–H and O–H groups in total. The molecular weight excluding hydrogens is 298 g/mol. The van der Waals surface area contributed by atoms with Crippen LogP contribution in [0, 0.1) is 0 Å². The van der Waals surface area contributed by atoms with Gasteiger partial charge in [0.05, 0.1) is 20.8 Å². The van der Waals surface area contributed by atoms with Gasteiger partial charge in [0.1, 0.15) is 0 Å². The Morgan fingerprint density at radius 2 is 2.05 bits per heavy atom. The molecule has 0 unspecified atom stereocenters. The van der Waals surface area contributed by atoms with E-state index in [4.69, 9.17) is 15.2 Å². The highest BCUT2D eigenvalue weighted by molar-refractivity contribution is 7.09. The fraction of sp³-hybridized carbons (Fsp3) is 0.312. The maximum Gasteiger partial charge on any atom is 0.188 e. The van der Waals surface area contributed by atoms with E-state index in [1.54, 1.807) is 25.6 Å². The lowest BCUT2D eigenvalue weighted by atomic mass is 10.2. The summed E-state index contributed by atoms with van der Waals surface area (Å²) in [7, 11) is 3.23. The van der Waals surface area contributed by atoms with Crippen molar-refractivity contribution >= 4 is 17.3 Å². The second kappa shape index (κ2) is 8.29. The van der Waals surface area contributed by atoms with Gasteiger partial charge in [0.2, 0.25) is 0 Å². The van der Waals surface area contributed by atoms with Gasteiger partial charge in [-0.2, -0.15) is 0 Å². The third-order valence-corrected chi connectivity index (χ3v) is 4.07. The van der Waals surface area contributed by atoms with Crippen molar-refractivity contribution in [3.05, 3.63) is 46.2 Å². The van der Waals surface area contributed by atoms with Crippen molar-refractivity contribution in [2.24, 2.45) is 10.7 Å². The maximum atomic E-state index is 5.87. The molecule has 0 aliphatic carbocycles. The Balaban J connectivity index is 1.84. The predicted octanol–water partition coefficient (Wildman–Crippen LogP) is 2.41. The molecule has 22 heavy (non-hydrogen) atoms. The minimum Gasteiger partial charge on any atom is -0.493 e. The van der Waals surface area contributed by atoms with E-state index in [1.165, 1.54) is 4.88 Å². The van der Waals surface area contributed by atoms with Crippen LogP contribution in [0.3, 0.4) is 0 Å². The molecule has 0 radical (unpaired) electrons. The van der Waals surface area contributed by atoms with Crippen LogP contribution >= 0.6 is 11.3 Å². The molecule has 0 bridgehead atoms. The monoisotopic (exact) mass is 319 g/mol. The minimum absolute atomic E-state index is 0.450. The van der Waals surface area contributed by atoms with Crippen molar-refractivity contribution in [2.45, 2.75) is 13.0 Å². The van der Waals surface area contributed by atoms with Crippen LogP contribution in [0.5, 0.6) is 11.5 Å². The molecule has 0 spiro atoms. The average Bonchev–Trinajstić information content (AvgIpc) is 3.06. The summed E-state index contributed by atoms with van der Waals surface area (Å²) < 4.78 is 10.5. The van der Waals surface area contributed by atoms with Gasteiger partial charge < -0.3 is 20.5 Å². The third kappa shape index (κ3) is 4.66. The lowest BCUT2D eigenvalue weighted by molar-refractivity contribution is 0.354. The van der Waals surface area contributed by atoms with Crippen molar-refractivity contribution < 1.29 is 9.47 Å². The Morgan fingerprint density at radius 3 is 2.73 bits per heavy atom. The summed E-state index contributed by atoms with van der Waals surface area (Å²) in [6.45, 7) is 1.28. The molecule has 2 rings (SSSR count). The van der Waals surface area contributed by atoms with Crippen LogP contribution in [-0.2, 0) is 13.0 Å². The van der Waals surface area contributed by atoms with Crippen molar-refractivity contribution in [1.29, 1.82) is 0 Å². The van der Waals surface area contributed by atoms with E-state index < -0.39 is 0 Å². The van der Waals surface area contributed by atoms with E-state index in [9.17, 15) is 0 Å². The van der Waals surface area contributed by atoms with E-state index >= 15 is 0 Å². The number of hydrogen-bond acceptors (Lipinski definition) is 4. The molecule has 6 heteroatoms. The van der Waals surface area contributed by atoms with Gasteiger partial charge in [-0.25, -0.2) is 4.99 Å². The van der Waals surface area contributed by atoms with E-state index in [0.29, 0.717) is 24.0 Å². The van der Waals surface area contributed by atoms with E-state index in [0.717, 1.165) is 18.5 Å².